The number of pyridine rings is 1. The number of anilines is 1. The molecule has 1 N–H and O–H groups in total. The Morgan fingerprint density at radius 3 is 2.61 bits per heavy atom. The molecule has 2 aromatic rings. The van der Waals surface area contributed by atoms with E-state index in [0.717, 1.165) is 41.9 Å². The van der Waals surface area contributed by atoms with Gasteiger partial charge in [-0.2, -0.15) is 0 Å². The van der Waals surface area contributed by atoms with Gasteiger partial charge in [0.15, 0.2) is 5.82 Å². The van der Waals surface area contributed by atoms with Crippen LogP contribution >= 0.6 is 0 Å². The summed E-state index contributed by atoms with van der Waals surface area (Å²) in [4.78, 5) is 39.9. The van der Waals surface area contributed by atoms with Gasteiger partial charge in [-0.1, -0.05) is 6.08 Å². The highest BCUT2D eigenvalue weighted by molar-refractivity contribution is 5.88. The SMILES string of the molecule is Cc1cc2c(ncn2C(C)C)c(NC2CCN(C(=O)OC3CCN(C(=O)/C=C/CN(C)C)C3)CC2)n1. The van der Waals surface area contributed by atoms with Gasteiger partial charge in [-0.05, 0) is 53.8 Å². The first kappa shape index (κ1) is 25.9. The van der Waals surface area contributed by atoms with Crippen molar-refractivity contribution in [1.29, 1.82) is 0 Å². The Balaban J connectivity index is 1.26. The van der Waals surface area contributed by atoms with Gasteiger partial charge in [-0.25, -0.2) is 14.8 Å². The second-order valence-corrected chi connectivity index (χ2v) is 10.4. The van der Waals surface area contributed by atoms with Gasteiger partial charge in [-0.3, -0.25) is 4.79 Å². The molecule has 1 atom stereocenters. The number of fused-ring (bicyclic) bond motifs is 1. The first-order valence-corrected chi connectivity index (χ1v) is 12.9. The zero-order chi connectivity index (χ0) is 25.8. The molecule has 2 saturated heterocycles. The standard InChI is InChI=1S/C26H39N7O3/c1-18(2)33-17-27-24-22(33)15-19(3)28-25(24)29-20-8-12-31(13-9-20)26(35)36-21-10-14-32(16-21)23(34)7-6-11-30(4)5/h6-7,15,17-18,20-21H,8-14,16H2,1-5H3,(H,28,29)/b7-6+. The van der Waals surface area contributed by atoms with Crippen molar-refractivity contribution in [2.24, 2.45) is 0 Å². The Bertz CT molecular complexity index is 1100. The predicted octanol–water partition coefficient (Wildman–Crippen LogP) is 3.05. The van der Waals surface area contributed by atoms with Crippen molar-refractivity contribution in [3.8, 4) is 0 Å². The fourth-order valence-corrected chi connectivity index (χ4v) is 4.78. The van der Waals surface area contributed by atoms with Crippen LogP contribution in [0.5, 0.6) is 0 Å². The molecule has 0 aromatic carbocycles. The van der Waals surface area contributed by atoms with Crippen molar-refractivity contribution >= 4 is 28.9 Å². The number of carbonyl (C=O) groups excluding carboxylic acids is 2. The Morgan fingerprint density at radius 1 is 1.19 bits per heavy atom. The smallest absolute Gasteiger partial charge is 0.410 e. The molecule has 2 aliphatic rings. The van der Waals surface area contributed by atoms with Gasteiger partial charge in [0, 0.05) is 56.5 Å². The van der Waals surface area contributed by atoms with E-state index in [2.05, 4.69) is 34.8 Å². The normalized spacial score (nSPS) is 19.2. The first-order valence-electron chi connectivity index (χ1n) is 12.9. The summed E-state index contributed by atoms with van der Waals surface area (Å²) in [6.07, 6.45) is 7.08. The lowest BCUT2D eigenvalue weighted by Gasteiger charge is -2.32. The zero-order valence-electron chi connectivity index (χ0n) is 22.1. The molecular weight excluding hydrogens is 458 g/mol. The number of rotatable bonds is 7. The van der Waals surface area contributed by atoms with Gasteiger partial charge < -0.3 is 29.3 Å². The van der Waals surface area contributed by atoms with Crippen molar-refractivity contribution in [3.63, 3.8) is 0 Å². The summed E-state index contributed by atoms with van der Waals surface area (Å²) in [6.45, 7) is 9.30. The maximum atomic E-state index is 12.8. The van der Waals surface area contributed by atoms with E-state index < -0.39 is 0 Å². The maximum absolute atomic E-state index is 12.8. The van der Waals surface area contributed by atoms with Crippen LogP contribution in [0.25, 0.3) is 11.0 Å². The van der Waals surface area contributed by atoms with Gasteiger partial charge in [-0.15, -0.1) is 0 Å². The van der Waals surface area contributed by atoms with Gasteiger partial charge in [0.2, 0.25) is 5.91 Å². The number of hydrogen-bond donors (Lipinski definition) is 1. The van der Waals surface area contributed by atoms with Crippen LogP contribution in [0, 0.1) is 6.92 Å². The van der Waals surface area contributed by atoms with Crippen LogP contribution in [-0.2, 0) is 9.53 Å². The lowest BCUT2D eigenvalue weighted by atomic mass is 10.1. The van der Waals surface area contributed by atoms with E-state index in [0.29, 0.717) is 38.6 Å². The summed E-state index contributed by atoms with van der Waals surface area (Å²) < 4.78 is 7.90. The van der Waals surface area contributed by atoms with Crippen molar-refractivity contribution in [2.45, 2.75) is 58.2 Å². The predicted molar refractivity (Wildman–Crippen MR) is 140 cm³/mol. The van der Waals surface area contributed by atoms with Crippen LogP contribution in [0.1, 0.15) is 44.8 Å². The monoisotopic (exact) mass is 497 g/mol. The highest BCUT2D eigenvalue weighted by Gasteiger charge is 2.31. The minimum absolute atomic E-state index is 0.0284. The molecule has 0 bridgehead atoms. The molecule has 2 fully saturated rings. The van der Waals surface area contributed by atoms with E-state index >= 15 is 0 Å². The number of ether oxygens (including phenoxy) is 1. The van der Waals surface area contributed by atoms with E-state index in [-0.39, 0.29) is 24.1 Å². The zero-order valence-corrected chi connectivity index (χ0v) is 22.1. The van der Waals surface area contributed by atoms with Crippen LogP contribution < -0.4 is 5.32 Å². The Morgan fingerprint density at radius 2 is 1.92 bits per heavy atom. The number of imidazole rings is 1. The molecule has 0 aliphatic carbocycles. The Labute approximate surface area is 213 Å². The highest BCUT2D eigenvalue weighted by atomic mass is 16.6. The average molecular weight is 498 g/mol. The van der Waals surface area contributed by atoms with E-state index in [9.17, 15) is 9.59 Å². The largest absolute Gasteiger partial charge is 0.444 e. The minimum Gasteiger partial charge on any atom is -0.444 e. The third-order valence-corrected chi connectivity index (χ3v) is 6.80. The maximum Gasteiger partial charge on any atom is 0.410 e. The second kappa shape index (κ2) is 11.3. The summed E-state index contributed by atoms with van der Waals surface area (Å²) in [5, 5.41) is 3.57. The average Bonchev–Trinajstić information content (AvgIpc) is 3.46. The molecule has 4 heterocycles. The summed E-state index contributed by atoms with van der Waals surface area (Å²) in [5.74, 6) is 0.778. The highest BCUT2D eigenvalue weighted by Crippen LogP contribution is 2.26. The third-order valence-electron chi connectivity index (χ3n) is 6.80. The van der Waals surface area contributed by atoms with Crippen molar-refractivity contribution in [2.75, 3.05) is 52.1 Å². The van der Waals surface area contributed by atoms with Gasteiger partial charge in [0.05, 0.1) is 18.4 Å². The van der Waals surface area contributed by atoms with Crippen LogP contribution in [0.3, 0.4) is 0 Å². The van der Waals surface area contributed by atoms with Gasteiger partial charge in [0.25, 0.3) is 0 Å². The van der Waals surface area contributed by atoms with Crippen molar-refractivity contribution < 1.29 is 14.3 Å². The molecule has 10 nitrogen and oxygen atoms in total. The van der Waals surface area contributed by atoms with E-state index in [1.54, 1.807) is 15.9 Å². The van der Waals surface area contributed by atoms with Gasteiger partial charge in [0.1, 0.15) is 11.6 Å². The fraction of sp³-hybridized carbons (Fsp3) is 0.615. The second-order valence-electron chi connectivity index (χ2n) is 10.4. The number of aryl methyl sites for hydroxylation is 1. The molecule has 0 radical (unpaired) electrons. The molecule has 2 aromatic heterocycles. The van der Waals surface area contributed by atoms with Crippen LogP contribution in [0.15, 0.2) is 24.5 Å². The molecule has 2 aliphatic heterocycles. The quantitative estimate of drug-likeness (QED) is 0.588. The van der Waals surface area contributed by atoms with Gasteiger partial charge >= 0.3 is 6.09 Å². The summed E-state index contributed by atoms with van der Waals surface area (Å²) in [5.41, 5.74) is 2.91. The van der Waals surface area contributed by atoms with Crippen LogP contribution in [0.2, 0.25) is 0 Å². The molecule has 2 amide bonds. The number of nitrogens with zero attached hydrogens (tertiary/aromatic N) is 6. The number of piperidine rings is 1. The lowest BCUT2D eigenvalue weighted by Crippen LogP contribution is -2.44. The topological polar surface area (TPSA) is 95.8 Å². The number of likely N-dealkylation sites (tertiary alicyclic amines) is 2. The molecule has 0 spiro atoms. The molecule has 10 heteroatoms. The molecular formula is C26H39N7O3. The van der Waals surface area contributed by atoms with Crippen molar-refractivity contribution in [3.05, 3.63) is 30.2 Å². The summed E-state index contributed by atoms with van der Waals surface area (Å²) >= 11 is 0. The number of likely N-dealkylation sites (N-methyl/N-ethyl adjacent to an activating group) is 1. The summed E-state index contributed by atoms with van der Waals surface area (Å²) in [7, 11) is 3.92. The number of hydrogen-bond acceptors (Lipinski definition) is 7. The van der Waals surface area contributed by atoms with Crippen LogP contribution in [0.4, 0.5) is 10.6 Å². The number of aromatic nitrogens is 3. The lowest BCUT2D eigenvalue weighted by molar-refractivity contribution is -0.125. The van der Waals surface area contributed by atoms with Crippen LogP contribution in [-0.4, -0.2) is 100 Å². The number of amides is 2. The third kappa shape index (κ3) is 6.16. The number of nitrogens with one attached hydrogen (secondary N) is 1. The fourth-order valence-electron chi connectivity index (χ4n) is 4.78. The van der Waals surface area contributed by atoms with E-state index in [1.165, 1.54) is 0 Å². The molecule has 0 saturated carbocycles. The Kier molecular flexibility index (Phi) is 8.13. The molecule has 36 heavy (non-hydrogen) atoms. The first-order chi connectivity index (χ1) is 17.2. The molecule has 1 unspecified atom stereocenters. The minimum atomic E-state index is -0.289. The van der Waals surface area contributed by atoms with E-state index in [4.69, 9.17) is 9.72 Å². The van der Waals surface area contributed by atoms with Crippen molar-refractivity contribution in [1.82, 2.24) is 29.2 Å². The Hall–Kier alpha value is -3.14. The van der Waals surface area contributed by atoms with E-state index in [1.807, 2.05) is 38.3 Å². The molecule has 196 valence electrons. The number of carbonyl (C=O) groups is 2. The summed E-state index contributed by atoms with van der Waals surface area (Å²) in [6, 6.07) is 2.61. The molecule has 4 rings (SSSR count).